The Hall–Kier alpha value is -2.61. The molecule has 0 saturated carbocycles. The molecule has 5 heteroatoms. The molecule has 0 amide bonds. The number of nitrogens with one attached hydrogen (secondary N) is 1. The predicted molar refractivity (Wildman–Crippen MR) is 71.7 cm³/mol. The maximum Gasteiger partial charge on any atom is 0.213 e. The Kier molecular flexibility index (Phi) is 4.29. The van der Waals surface area contributed by atoms with Crippen LogP contribution in [0.1, 0.15) is 18.2 Å². The first-order chi connectivity index (χ1) is 9.33. The van der Waals surface area contributed by atoms with Crippen LogP contribution in [-0.2, 0) is 6.54 Å². The fourth-order valence-corrected chi connectivity index (χ4v) is 1.60. The highest BCUT2D eigenvalue weighted by Gasteiger charge is 2.02. The zero-order valence-corrected chi connectivity index (χ0v) is 10.6. The molecule has 0 aliphatic rings. The van der Waals surface area contributed by atoms with Crippen LogP contribution in [0.15, 0.2) is 36.7 Å². The monoisotopic (exact) mass is 254 g/mol. The van der Waals surface area contributed by atoms with Crippen LogP contribution in [0.2, 0.25) is 0 Å². The topological polar surface area (TPSA) is 70.8 Å². The first-order valence-electron chi connectivity index (χ1n) is 6.00. The van der Waals surface area contributed by atoms with Crippen molar-refractivity contribution in [3.63, 3.8) is 0 Å². The quantitative estimate of drug-likeness (QED) is 0.886. The number of anilines is 1. The van der Waals surface area contributed by atoms with Crippen LogP contribution in [0.4, 0.5) is 5.69 Å². The number of nitriles is 1. The lowest BCUT2D eigenvalue weighted by molar-refractivity contribution is 0.327. The largest absolute Gasteiger partial charge is 0.478 e. The van der Waals surface area contributed by atoms with E-state index in [1.807, 2.05) is 25.1 Å². The lowest BCUT2D eigenvalue weighted by Crippen LogP contribution is -2.03. The van der Waals surface area contributed by atoms with E-state index in [-0.39, 0.29) is 0 Å². The van der Waals surface area contributed by atoms with Crippen LogP contribution < -0.4 is 10.1 Å². The molecule has 2 rings (SSSR count). The smallest absolute Gasteiger partial charge is 0.213 e. The molecule has 0 radical (unpaired) electrons. The van der Waals surface area contributed by atoms with Crippen molar-refractivity contribution in [3.8, 4) is 11.9 Å². The summed E-state index contributed by atoms with van der Waals surface area (Å²) in [6.07, 6.45) is 3.31. The van der Waals surface area contributed by atoms with Crippen molar-refractivity contribution in [3.05, 3.63) is 47.9 Å². The third-order valence-corrected chi connectivity index (χ3v) is 2.51. The van der Waals surface area contributed by atoms with E-state index in [0.717, 1.165) is 11.3 Å². The molecule has 0 spiro atoms. The third kappa shape index (κ3) is 3.42. The fraction of sp³-hybridized carbons (Fsp3) is 0.214. The second-order valence-electron chi connectivity index (χ2n) is 3.79. The van der Waals surface area contributed by atoms with Crippen molar-refractivity contribution in [2.75, 3.05) is 11.9 Å². The highest BCUT2D eigenvalue weighted by atomic mass is 16.5. The molecule has 0 saturated heterocycles. The van der Waals surface area contributed by atoms with Crippen molar-refractivity contribution in [2.45, 2.75) is 13.5 Å². The Bertz CT molecular complexity index is 575. The molecule has 19 heavy (non-hydrogen) atoms. The van der Waals surface area contributed by atoms with Gasteiger partial charge in [-0.3, -0.25) is 0 Å². The van der Waals surface area contributed by atoms with Gasteiger partial charge in [0.15, 0.2) is 0 Å². The molecule has 0 unspecified atom stereocenters. The van der Waals surface area contributed by atoms with Gasteiger partial charge in [0.2, 0.25) is 5.88 Å². The van der Waals surface area contributed by atoms with E-state index in [1.54, 1.807) is 18.5 Å². The molecular weight excluding hydrogens is 240 g/mol. The predicted octanol–water partition coefficient (Wildman–Crippen LogP) is 2.36. The van der Waals surface area contributed by atoms with Crippen LogP contribution >= 0.6 is 0 Å². The summed E-state index contributed by atoms with van der Waals surface area (Å²) < 4.78 is 5.27. The number of rotatable bonds is 5. The highest BCUT2D eigenvalue weighted by molar-refractivity contribution is 5.44. The van der Waals surface area contributed by atoms with Gasteiger partial charge in [0.05, 0.1) is 18.5 Å². The molecule has 2 aromatic rings. The molecule has 2 aromatic heterocycles. The Morgan fingerprint density at radius 2 is 2.21 bits per heavy atom. The number of nitrogens with zero attached hydrogens (tertiary/aromatic N) is 3. The SMILES string of the molecule is CCOc1ccc(NCc2cccnc2C#N)cn1. The van der Waals surface area contributed by atoms with E-state index in [2.05, 4.69) is 21.4 Å². The number of hydrogen-bond acceptors (Lipinski definition) is 5. The van der Waals surface area contributed by atoms with E-state index >= 15 is 0 Å². The molecule has 0 aromatic carbocycles. The molecule has 0 aliphatic heterocycles. The zero-order chi connectivity index (χ0) is 13.5. The summed E-state index contributed by atoms with van der Waals surface area (Å²) in [6, 6.07) is 9.46. The van der Waals surface area contributed by atoms with Crippen LogP contribution in [0.3, 0.4) is 0 Å². The molecule has 0 bridgehead atoms. The minimum absolute atomic E-state index is 0.439. The Morgan fingerprint density at radius 1 is 1.32 bits per heavy atom. The van der Waals surface area contributed by atoms with Crippen LogP contribution in [-0.4, -0.2) is 16.6 Å². The van der Waals surface area contributed by atoms with Crippen molar-refractivity contribution in [2.24, 2.45) is 0 Å². The van der Waals surface area contributed by atoms with E-state index in [1.165, 1.54) is 0 Å². The summed E-state index contributed by atoms with van der Waals surface area (Å²) in [6.45, 7) is 3.05. The lowest BCUT2D eigenvalue weighted by atomic mass is 10.2. The summed E-state index contributed by atoms with van der Waals surface area (Å²) in [5.74, 6) is 0.604. The van der Waals surface area contributed by atoms with Gasteiger partial charge in [0.25, 0.3) is 0 Å². The minimum Gasteiger partial charge on any atom is -0.478 e. The lowest BCUT2D eigenvalue weighted by Gasteiger charge is -2.08. The molecule has 1 N–H and O–H groups in total. The first-order valence-corrected chi connectivity index (χ1v) is 6.00. The van der Waals surface area contributed by atoms with Gasteiger partial charge in [-0.05, 0) is 19.1 Å². The summed E-state index contributed by atoms with van der Waals surface area (Å²) in [5, 5.41) is 12.1. The fourth-order valence-electron chi connectivity index (χ4n) is 1.60. The number of ether oxygens (including phenoxy) is 1. The summed E-state index contributed by atoms with van der Waals surface area (Å²) in [4.78, 5) is 8.17. The molecular formula is C14H14N4O. The average molecular weight is 254 g/mol. The van der Waals surface area contributed by atoms with E-state index in [4.69, 9.17) is 10.00 Å². The first kappa shape index (κ1) is 12.8. The van der Waals surface area contributed by atoms with Gasteiger partial charge in [-0.15, -0.1) is 0 Å². The van der Waals surface area contributed by atoms with E-state index in [9.17, 15) is 0 Å². The number of aromatic nitrogens is 2. The van der Waals surface area contributed by atoms with Gasteiger partial charge in [0, 0.05) is 24.4 Å². The van der Waals surface area contributed by atoms with Crippen molar-refractivity contribution in [1.29, 1.82) is 5.26 Å². The molecule has 5 nitrogen and oxygen atoms in total. The maximum absolute atomic E-state index is 8.94. The normalized spacial score (nSPS) is 9.68. The summed E-state index contributed by atoms with van der Waals surface area (Å²) in [7, 11) is 0. The Labute approximate surface area is 111 Å². The molecule has 0 fully saturated rings. The van der Waals surface area contributed by atoms with Gasteiger partial charge >= 0.3 is 0 Å². The van der Waals surface area contributed by atoms with Crippen molar-refractivity contribution >= 4 is 5.69 Å². The van der Waals surface area contributed by atoms with Crippen LogP contribution in [0.25, 0.3) is 0 Å². The Balaban J connectivity index is 2.00. The van der Waals surface area contributed by atoms with Crippen LogP contribution in [0, 0.1) is 11.3 Å². The second-order valence-corrected chi connectivity index (χ2v) is 3.79. The van der Waals surface area contributed by atoms with Crippen LogP contribution in [0.5, 0.6) is 5.88 Å². The van der Waals surface area contributed by atoms with E-state index in [0.29, 0.717) is 24.7 Å². The van der Waals surface area contributed by atoms with Crippen molar-refractivity contribution < 1.29 is 4.74 Å². The zero-order valence-electron chi connectivity index (χ0n) is 10.6. The van der Waals surface area contributed by atoms with E-state index < -0.39 is 0 Å². The number of hydrogen-bond donors (Lipinski definition) is 1. The molecule has 2 heterocycles. The molecule has 0 atom stereocenters. The second kappa shape index (κ2) is 6.36. The van der Waals surface area contributed by atoms with Gasteiger partial charge in [-0.1, -0.05) is 6.07 Å². The molecule has 0 aliphatic carbocycles. The van der Waals surface area contributed by atoms with Gasteiger partial charge in [-0.2, -0.15) is 5.26 Å². The Morgan fingerprint density at radius 3 is 2.89 bits per heavy atom. The third-order valence-electron chi connectivity index (χ3n) is 2.51. The summed E-state index contributed by atoms with van der Waals surface area (Å²) in [5.41, 5.74) is 2.17. The number of pyridine rings is 2. The highest BCUT2D eigenvalue weighted by Crippen LogP contribution is 2.13. The van der Waals surface area contributed by atoms with Gasteiger partial charge in [-0.25, -0.2) is 9.97 Å². The average Bonchev–Trinajstić information content (AvgIpc) is 2.47. The maximum atomic E-state index is 8.94. The van der Waals surface area contributed by atoms with Crippen molar-refractivity contribution in [1.82, 2.24) is 9.97 Å². The minimum atomic E-state index is 0.439. The van der Waals surface area contributed by atoms with Gasteiger partial charge < -0.3 is 10.1 Å². The standard InChI is InChI=1S/C14H14N4O/c1-2-19-14-6-5-12(10-18-14)17-9-11-4-3-7-16-13(11)8-15/h3-7,10,17H,2,9H2,1H3. The van der Waals surface area contributed by atoms with Gasteiger partial charge in [0.1, 0.15) is 11.8 Å². The summed E-state index contributed by atoms with van der Waals surface area (Å²) >= 11 is 0. The molecule has 96 valence electrons.